The number of hydrogen-bond acceptors (Lipinski definition) is 11. The number of β-lactam (4-membered cyclic amide) rings is 1. The number of nitrogens with one attached hydrogen (secondary N) is 1. The number of carboxylic acids is 1. The monoisotopic (exact) mass is 538 g/mol. The Hall–Kier alpha value is -2.75. The number of amides is 2. The number of nitrogens with two attached hydrogens (primary N) is 1. The minimum absolute atomic E-state index is 0.00107. The molecule has 5 heterocycles. The Morgan fingerprint density at radius 2 is 2.03 bits per heavy atom. The molecule has 36 heavy (non-hydrogen) atoms. The normalized spacial score (nSPS) is 33.8. The van der Waals surface area contributed by atoms with Gasteiger partial charge >= 0.3 is 5.97 Å². The molecule has 3 saturated heterocycles. The SMILES string of the molecule is CO/N=C(\C(=O)N[C@@H]1C(=O)N2C(C(=O)O)=C(C[N+]3(C)[C@@H]4CC[C@H]3CC(O)C4)CS[C@H]12)c1nsc(N)n1. The molecule has 0 radical (unpaired) electrons. The van der Waals surface area contributed by atoms with Gasteiger partial charge in [-0.2, -0.15) is 9.36 Å². The average Bonchev–Trinajstić information content (AvgIpc) is 3.30. The van der Waals surface area contributed by atoms with Crippen LogP contribution in [0.4, 0.5) is 5.13 Å². The number of quaternary nitrogens is 1. The number of likely N-dealkylation sites (N-methyl/N-ethyl adjacent to an activating group) is 1. The maximum Gasteiger partial charge on any atom is 0.352 e. The van der Waals surface area contributed by atoms with Gasteiger partial charge in [-0.15, -0.1) is 11.8 Å². The van der Waals surface area contributed by atoms with Crippen LogP contribution in [0.5, 0.6) is 0 Å². The number of hydrogen-bond donors (Lipinski definition) is 4. The number of thioether (sulfide) groups is 1. The van der Waals surface area contributed by atoms with Crippen molar-refractivity contribution in [2.24, 2.45) is 5.16 Å². The van der Waals surface area contributed by atoms with Crippen LogP contribution in [0.15, 0.2) is 16.4 Å². The van der Waals surface area contributed by atoms with E-state index in [2.05, 4.69) is 26.9 Å². The molecular weight excluding hydrogens is 510 g/mol. The van der Waals surface area contributed by atoms with Gasteiger partial charge in [-0.25, -0.2) is 4.79 Å². The van der Waals surface area contributed by atoms with Crippen LogP contribution in [0, 0.1) is 0 Å². The van der Waals surface area contributed by atoms with Crippen LogP contribution in [0.2, 0.25) is 0 Å². The minimum atomic E-state index is -1.16. The lowest BCUT2D eigenvalue weighted by Gasteiger charge is -2.51. The molecule has 1 aromatic rings. The summed E-state index contributed by atoms with van der Waals surface area (Å²) >= 11 is 2.31. The Kier molecular flexibility index (Phi) is 6.43. The van der Waals surface area contributed by atoms with Crippen molar-refractivity contribution in [3.63, 3.8) is 0 Å². The first kappa shape index (κ1) is 24.9. The number of piperidine rings is 1. The summed E-state index contributed by atoms with van der Waals surface area (Å²) in [5.74, 6) is -1.97. The van der Waals surface area contributed by atoms with Gasteiger partial charge < -0.3 is 30.6 Å². The number of aliphatic hydroxyl groups is 1. The molecule has 0 aliphatic carbocycles. The minimum Gasteiger partial charge on any atom is -0.477 e. The molecule has 3 fully saturated rings. The van der Waals surface area contributed by atoms with E-state index in [1.54, 1.807) is 0 Å². The largest absolute Gasteiger partial charge is 0.477 e. The highest BCUT2D eigenvalue weighted by molar-refractivity contribution is 8.00. The van der Waals surface area contributed by atoms with Gasteiger partial charge in [-0.3, -0.25) is 14.5 Å². The maximum absolute atomic E-state index is 13.1. The summed E-state index contributed by atoms with van der Waals surface area (Å²) in [6, 6.07) is -0.382. The lowest BCUT2D eigenvalue weighted by atomic mass is 9.95. The van der Waals surface area contributed by atoms with Crippen LogP contribution in [0.1, 0.15) is 31.5 Å². The maximum atomic E-state index is 13.1. The fraction of sp³-hybridized carbons (Fsp3) is 0.619. The van der Waals surface area contributed by atoms with Gasteiger partial charge in [0.15, 0.2) is 5.13 Å². The Labute approximate surface area is 215 Å². The molecule has 5 N–H and O–H groups in total. The van der Waals surface area contributed by atoms with Crippen molar-refractivity contribution >= 4 is 51.9 Å². The molecule has 15 heteroatoms. The third-order valence-electron chi connectivity index (χ3n) is 7.71. The van der Waals surface area contributed by atoms with Crippen LogP contribution in [-0.4, -0.2) is 109 Å². The van der Waals surface area contributed by atoms with Crippen LogP contribution in [0.3, 0.4) is 0 Å². The molecule has 5 rings (SSSR count). The molecule has 0 aromatic carbocycles. The fourth-order valence-electron chi connectivity index (χ4n) is 6.00. The number of fused-ring (bicyclic) bond motifs is 3. The number of anilines is 1. The number of rotatable bonds is 7. The molecule has 2 bridgehead atoms. The van der Waals surface area contributed by atoms with Crippen LogP contribution in [-0.2, 0) is 19.2 Å². The molecule has 2 amide bonds. The quantitative estimate of drug-likeness (QED) is 0.151. The van der Waals surface area contributed by atoms with Crippen molar-refractivity contribution in [3.8, 4) is 0 Å². The van der Waals surface area contributed by atoms with Crippen LogP contribution < -0.4 is 11.1 Å². The molecule has 4 aliphatic rings. The van der Waals surface area contributed by atoms with E-state index < -0.39 is 29.2 Å². The fourth-order valence-corrected chi connectivity index (χ4v) is 7.77. The first-order valence-electron chi connectivity index (χ1n) is 11.6. The van der Waals surface area contributed by atoms with E-state index >= 15 is 0 Å². The molecule has 2 unspecified atom stereocenters. The van der Waals surface area contributed by atoms with Crippen molar-refractivity contribution in [1.82, 2.24) is 19.6 Å². The summed E-state index contributed by atoms with van der Waals surface area (Å²) in [5.41, 5.74) is 6.08. The molecular formula is C21H28N7O6S2+. The lowest BCUT2D eigenvalue weighted by molar-refractivity contribution is -0.945. The second kappa shape index (κ2) is 9.28. The molecule has 13 nitrogen and oxygen atoms in total. The number of aliphatic carboxylic acids is 1. The lowest BCUT2D eigenvalue weighted by Crippen LogP contribution is -2.71. The number of aromatic nitrogens is 2. The van der Waals surface area contributed by atoms with Gasteiger partial charge in [0.05, 0.1) is 25.2 Å². The highest BCUT2D eigenvalue weighted by Crippen LogP contribution is 2.45. The smallest absolute Gasteiger partial charge is 0.352 e. The van der Waals surface area contributed by atoms with E-state index in [9.17, 15) is 24.6 Å². The number of carboxylic acid groups (broad SMARTS) is 1. The van der Waals surface area contributed by atoms with Crippen molar-refractivity contribution in [1.29, 1.82) is 0 Å². The van der Waals surface area contributed by atoms with Gasteiger partial charge in [-0.05, 0) is 0 Å². The zero-order chi connectivity index (χ0) is 25.8. The summed E-state index contributed by atoms with van der Waals surface area (Å²) in [7, 11) is 3.40. The summed E-state index contributed by atoms with van der Waals surface area (Å²) < 4.78 is 4.66. The van der Waals surface area contributed by atoms with E-state index in [1.165, 1.54) is 23.8 Å². The Balaban J connectivity index is 1.35. The molecule has 4 aliphatic heterocycles. The van der Waals surface area contributed by atoms with Crippen LogP contribution >= 0.6 is 23.3 Å². The third kappa shape index (κ3) is 4.03. The standard InChI is InChI=1S/C21H27N7O6S2/c1-28(10-3-4-11(28)6-12(29)5-10)7-9-8-35-19-14(18(31)27(19)15(9)20(32)33)23-17(30)13(25-34-2)16-24-21(22)36-26-16/h10-12,14,19,29H,3-8H2,1-2H3,(H3-,22,23,24,26,30,32,33)/p+1/b25-13-/t10-,11+,12?,14-,19-,28?/m1/s1. The second-order valence-electron chi connectivity index (χ2n) is 9.71. The van der Waals surface area contributed by atoms with E-state index in [-0.39, 0.29) is 40.6 Å². The summed E-state index contributed by atoms with van der Waals surface area (Å²) in [5, 5.41) is 26.2. The van der Waals surface area contributed by atoms with E-state index in [1.807, 2.05) is 0 Å². The third-order valence-corrected chi connectivity index (χ3v) is 9.59. The summed E-state index contributed by atoms with van der Waals surface area (Å²) in [6.45, 7) is 0.520. The topological polar surface area (TPSA) is 180 Å². The highest BCUT2D eigenvalue weighted by Gasteiger charge is 2.57. The number of nitrogen functional groups attached to an aromatic ring is 1. The van der Waals surface area contributed by atoms with Gasteiger partial charge in [0, 0.05) is 48.5 Å². The van der Waals surface area contributed by atoms with Crippen molar-refractivity contribution in [2.45, 2.75) is 55.3 Å². The molecule has 1 aromatic heterocycles. The van der Waals surface area contributed by atoms with Crippen molar-refractivity contribution < 1.29 is 33.9 Å². The average molecular weight is 539 g/mol. The number of carbonyl (C=O) groups excluding carboxylic acids is 2. The molecule has 0 spiro atoms. The van der Waals surface area contributed by atoms with E-state index in [0.29, 0.717) is 35.2 Å². The second-order valence-corrected chi connectivity index (χ2v) is 11.6. The first-order chi connectivity index (χ1) is 17.1. The molecule has 6 atom stereocenters. The predicted octanol–water partition coefficient (Wildman–Crippen LogP) is -0.658. The zero-order valence-electron chi connectivity index (χ0n) is 19.8. The Bertz CT molecular complexity index is 1160. The predicted molar refractivity (Wildman–Crippen MR) is 131 cm³/mol. The Morgan fingerprint density at radius 1 is 1.33 bits per heavy atom. The number of aliphatic hydroxyl groups excluding tert-OH is 1. The molecule has 0 saturated carbocycles. The Morgan fingerprint density at radius 3 is 2.61 bits per heavy atom. The van der Waals surface area contributed by atoms with E-state index in [4.69, 9.17) is 10.6 Å². The van der Waals surface area contributed by atoms with Gasteiger partial charge in [0.1, 0.15) is 30.8 Å². The number of carbonyl (C=O) groups is 3. The summed E-state index contributed by atoms with van der Waals surface area (Å²) in [6.07, 6.45) is 3.12. The van der Waals surface area contributed by atoms with Gasteiger partial charge in [0.25, 0.3) is 11.8 Å². The van der Waals surface area contributed by atoms with Gasteiger partial charge in [-0.1, -0.05) is 5.16 Å². The number of oxime groups is 1. The molecule has 194 valence electrons. The zero-order valence-corrected chi connectivity index (χ0v) is 21.4. The van der Waals surface area contributed by atoms with E-state index in [0.717, 1.165) is 24.4 Å². The summed E-state index contributed by atoms with van der Waals surface area (Å²) in [4.78, 5) is 48.3. The highest BCUT2D eigenvalue weighted by atomic mass is 32.2. The van der Waals surface area contributed by atoms with Crippen molar-refractivity contribution in [2.75, 3.05) is 32.2 Å². The first-order valence-corrected chi connectivity index (χ1v) is 13.4. The van der Waals surface area contributed by atoms with Crippen molar-refractivity contribution in [3.05, 3.63) is 17.1 Å². The number of nitrogens with zero attached hydrogens (tertiary/aromatic N) is 5. The van der Waals surface area contributed by atoms with Gasteiger partial charge in [0.2, 0.25) is 11.5 Å². The van der Waals surface area contributed by atoms with Crippen LogP contribution in [0.25, 0.3) is 0 Å².